The fourth-order valence-corrected chi connectivity index (χ4v) is 1.49. The molecular formula is C14H12BO. The Kier molecular flexibility index (Phi) is 2.91. The molecule has 1 radical (unpaired) electrons. The van der Waals surface area contributed by atoms with Gasteiger partial charge in [-0.1, -0.05) is 0 Å². The van der Waals surface area contributed by atoms with Gasteiger partial charge in [0.05, 0.1) is 0 Å². The third-order valence-corrected chi connectivity index (χ3v) is 2.39. The van der Waals surface area contributed by atoms with Crippen LogP contribution in [0.4, 0.5) is 0 Å². The fraction of sp³-hybridized carbons (Fsp3) is 0.0714. The van der Waals surface area contributed by atoms with Crippen LogP contribution in [0.3, 0.4) is 0 Å². The van der Waals surface area contributed by atoms with Gasteiger partial charge in [-0.05, 0) is 0 Å². The minimum absolute atomic E-state index is 0.358. The number of ether oxygens (including phenoxy) is 1. The maximum absolute atomic E-state index is 5.73. The second-order valence-electron chi connectivity index (χ2n) is 3.72. The fourth-order valence-electron chi connectivity index (χ4n) is 1.49. The van der Waals surface area contributed by atoms with Gasteiger partial charge >= 0.3 is 95.9 Å². The summed E-state index contributed by atoms with van der Waals surface area (Å²) >= 11 is 0. The normalized spacial score (nSPS) is 10.0. The second kappa shape index (κ2) is 4.36. The Hall–Kier alpha value is -1.83. The van der Waals surface area contributed by atoms with E-state index in [2.05, 4.69) is 6.58 Å². The van der Waals surface area contributed by atoms with Crippen LogP contribution in [0.2, 0.25) is 0 Å². The zero-order chi connectivity index (χ0) is 11.5. The van der Waals surface area contributed by atoms with Crippen LogP contribution in [0.15, 0.2) is 54.6 Å². The first-order chi connectivity index (χ1) is 7.68. The Bertz CT molecular complexity index is 552. The molecule has 0 amide bonds. The molecule has 2 aromatic carbocycles. The van der Waals surface area contributed by atoms with E-state index in [0.29, 0.717) is 5.65 Å². The van der Waals surface area contributed by atoms with Crippen molar-refractivity contribution in [1.29, 1.82) is 0 Å². The van der Waals surface area contributed by atoms with Crippen molar-refractivity contribution in [2.24, 2.45) is 0 Å². The van der Waals surface area contributed by atoms with Crippen LogP contribution in [0.1, 0.15) is 6.92 Å². The number of benzene rings is 2. The van der Waals surface area contributed by atoms with Crippen molar-refractivity contribution in [1.82, 2.24) is 0 Å². The molecule has 2 rings (SSSR count). The molecule has 0 aromatic heterocycles. The molecule has 0 saturated heterocycles. The Morgan fingerprint density at radius 3 is 2.56 bits per heavy atom. The molecule has 0 spiro atoms. The summed E-state index contributed by atoms with van der Waals surface area (Å²) in [4.78, 5) is 0. The topological polar surface area (TPSA) is 9.23 Å². The molecule has 0 aliphatic heterocycles. The summed E-state index contributed by atoms with van der Waals surface area (Å²) in [6.07, 6.45) is 0. The van der Waals surface area contributed by atoms with Gasteiger partial charge in [0.2, 0.25) is 0 Å². The number of fused-ring (bicyclic) bond motifs is 1. The Morgan fingerprint density at radius 1 is 1.12 bits per heavy atom. The number of hydrogen-bond acceptors (Lipinski definition) is 1. The molecule has 0 atom stereocenters. The van der Waals surface area contributed by atoms with Gasteiger partial charge < -0.3 is 0 Å². The van der Waals surface area contributed by atoms with Gasteiger partial charge in [-0.15, -0.1) is 0 Å². The van der Waals surface area contributed by atoms with Gasteiger partial charge in [0.15, 0.2) is 0 Å². The molecule has 2 heteroatoms. The van der Waals surface area contributed by atoms with Crippen LogP contribution in [-0.2, 0) is 0 Å². The molecule has 0 unspecified atom stereocenters. The molecule has 2 aromatic rings. The van der Waals surface area contributed by atoms with Gasteiger partial charge in [-0.2, -0.15) is 0 Å². The first-order valence-electron chi connectivity index (χ1n) is 5.12. The molecule has 0 aliphatic carbocycles. The molecule has 0 N–H and O–H groups in total. The average molecular weight is 207 g/mol. The van der Waals surface area contributed by atoms with E-state index < -0.39 is 0 Å². The van der Waals surface area contributed by atoms with Gasteiger partial charge in [0, 0.05) is 0 Å². The summed E-state index contributed by atoms with van der Waals surface area (Å²) < 4.78 is 5.58. The van der Waals surface area contributed by atoms with Crippen molar-refractivity contribution in [3.63, 3.8) is 0 Å². The third kappa shape index (κ3) is 2.06. The third-order valence-electron chi connectivity index (χ3n) is 2.39. The van der Waals surface area contributed by atoms with Crippen molar-refractivity contribution >= 4 is 23.9 Å². The van der Waals surface area contributed by atoms with E-state index in [4.69, 9.17) is 12.2 Å². The predicted molar refractivity (Wildman–Crippen MR) is 70.2 cm³/mol. The van der Waals surface area contributed by atoms with E-state index in [1.165, 1.54) is 0 Å². The van der Waals surface area contributed by atoms with E-state index in [9.17, 15) is 0 Å². The Balaban J connectivity index is 2.45. The van der Waals surface area contributed by atoms with E-state index in [0.717, 1.165) is 22.1 Å². The standard InChI is InChI=1S/C14H12BO/c1-10(2)14(15)16-13-9-5-7-11-6-3-4-8-12(11)13/h3-9H,1H2,2H3. The summed E-state index contributed by atoms with van der Waals surface area (Å²) in [5, 5.41) is 2.18. The molecular weight excluding hydrogens is 195 g/mol. The van der Waals surface area contributed by atoms with E-state index >= 15 is 0 Å². The van der Waals surface area contributed by atoms with Gasteiger partial charge in [0.1, 0.15) is 0 Å². The SMILES string of the molecule is [B]=C(Oc1cccc2ccccc12)C(=C)C. The number of rotatable bonds is 3. The van der Waals surface area contributed by atoms with Crippen LogP contribution in [0.25, 0.3) is 10.8 Å². The zero-order valence-electron chi connectivity index (χ0n) is 9.23. The van der Waals surface area contributed by atoms with E-state index in [1.54, 1.807) is 0 Å². The molecule has 1 nitrogen and oxygen atoms in total. The van der Waals surface area contributed by atoms with Crippen molar-refractivity contribution in [3.8, 4) is 5.75 Å². The van der Waals surface area contributed by atoms with E-state index in [-0.39, 0.29) is 0 Å². The zero-order valence-corrected chi connectivity index (χ0v) is 9.23. The molecule has 0 bridgehead atoms. The average Bonchev–Trinajstić information content (AvgIpc) is 2.29. The van der Waals surface area contributed by atoms with Crippen LogP contribution in [0, 0.1) is 0 Å². The van der Waals surface area contributed by atoms with Crippen LogP contribution in [-0.4, -0.2) is 13.1 Å². The summed E-state index contributed by atoms with van der Waals surface area (Å²) in [6.45, 7) is 5.56. The van der Waals surface area contributed by atoms with Crippen molar-refractivity contribution in [2.75, 3.05) is 0 Å². The molecule has 77 valence electrons. The number of hydrogen-bond donors (Lipinski definition) is 0. The molecule has 0 heterocycles. The predicted octanol–water partition coefficient (Wildman–Crippen LogP) is 3.09. The summed E-state index contributed by atoms with van der Waals surface area (Å²) in [6, 6.07) is 13.9. The summed E-state index contributed by atoms with van der Waals surface area (Å²) in [5.41, 5.74) is 1.09. The quantitative estimate of drug-likeness (QED) is 0.702. The van der Waals surface area contributed by atoms with E-state index in [1.807, 2.05) is 49.4 Å². The monoisotopic (exact) mass is 207 g/mol. The first-order valence-corrected chi connectivity index (χ1v) is 5.12. The Labute approximate surface area is 96.4 Å². The second-order valence-corrected chi connectivity index (χ2v) is 3.72. The van der Waals surface area contributed by atoms with Crippen LogP contribution >= 0.6 is 0 Å². The maximum atomic E-state index is 5.73. The molecule has 0 saturated carbocycles. The summed E-state index contributed by atoms with van der Waals surface area (Å²) in [7, 11) is 5.73. The first kappa shape index (κ1) is 10.7. The van der Waals surface area contributed by atoms with Gasteiger partial charge in [-0.25, -0.2) is 0 Å². The molecule has 0 aliphatic rings. The minimum atomic E-state index is 0.358. The van der Waals surface area contributed by atoms with Crippen molar-refractivity contribution in [3.05, 3.63) is 54.6 Å². The molecule has 16 heavy (non-hydrogen) atoms. The van der Waals surface area contributed by atoms with Crippen LogP contribution in [0.5, 0.6) is 5.75 Å². The van der Waals surface area contributed by atoms with Gasteiger partial charge in [-0.3, -0.25) is 0 Å². The van der Waals surface area contributed by atoms with Gasteiger partial charge in [0.25, 0.3) is 0 Å². The van der Waals surface area contributed by atoms with Crippen molar-refractivity contribution in [2.45, 2.75) is 6.92 Å². The van der Waals surface area contributed by atoms with Crippen LogP contribution < -0.4 is 4.74 Å². The Morgan fingerprint density at radius 2 is 1.81 bits per heavy atom. The molecule has 0 fully saturated rings. The van der Waals surface area contributed by atoms with Crippen molar-refractivity contribution < 1.29 is 4.74 Å². The summed E-state index contributed by atoms with van der Waals surface area (Å²) in [5.74, 6) is 0.763.